The summed E-state index contributed by atoms with van der Waals surface area (Å²) in [5.41, 5.74) is 0. The number of likely N-dealkylation sites (tertiary alicyclic amines) is 1. The average molecular weight is 183 g/mol. The molecule has 3 heteroatoms. The Morgan fingerprint density at radius 1 is 1.54 bits per heavy atom. The fraction of sp³-hybridized carbons (Fsp3) is 0.800. The lowest BCUT2D eigenvalue weighted by atomic mass is 10.0. The lowest BCUT2D eigenvalue weighted by Gasteiger charge is -2.32. The van der Waals surface area contributed by atoms with Crippen LogP contribution in [0.1, 0.15) is 39.0 Å². The molecular weight excluding hydrogens is 166 g/mol. The minimum Gasteiger partial charge on any atom is -0.333 e. The Labute approximate surface area is 79.1 Å². The number of rotatable bonds is 3. The fourth-order valence-electron chi connectivity index (χ4n) is 1.77. The predicted octanol–water partition coefficient (Wildman–Crippen LogP) is 1.37. The van der Waals surface area contributed by atoms with Crippen molar-refractivity contribution in [2.24, 2.45) is 0 Å². The van der Waals surface area contributed by atoms with Crippen molar-refractivity contribution in [3.63, 3.8) is 0 Å². The molecule has 0 spiro atoms. The van der Waals surface area contributed by atoms with Crippen LogP contribution in [0.5, 0.6) is 0 Å². The van der Waals surface area contributed by atoms with E-state index in [1.807, 2.05) is 6.92 Å². The summed E-state index contributed by atoms with van der Waals surface area (Å²) >= 11 is 0. The molecule has 13 heavy (non-hydrogen) atoms. The normalized spacial score (nSPS) is 22.8. The first-order valence-electron chi connectivity index (χ1n) is 5.04. The topological polar surface area (TPSA) is 37.4 Å². The highest BCUT2D eigenvalue weighted by Gasteiger charge is 2.24. The molecular formula is C10H17NO2. The van der Waals surface area contributed by atoms with Gasteiger partial charge in [-0.1, -0.05) is 6.92 Å². The molecule has 1 aliphatic rings. The van der Waals surface area contributed by atoms with E-state index >= 15 is 0 Å². The van der Waals surface area contributed by atoms with E-state index in [-0.39, 0.29) is 11.9 Å². The van der Waals surface area contributed by atoms with Gasteiger partial charge in [-0.15, -0.1) is 0 Å². The summed E-state index contributed by atoms with van der Waals surface area (Å²) < 4.78 is 0. The number of hydrogen-bond donors (Lipinski definition) is 0. The third kappa shape index (κ3) is 2.54. The molecule has 0 aliphatic carbocycles. The first-order valence-corrected chi connectivity index (χ1v) is 5.04. The highest BCUT2D eigenvalue weighted by atomic mass is 16.2. The molecule has 3 nitrogen and oxygen atoms in total. The second-order valence-corrected chi connectivity index (χ2v) is 3.54. The monoisotopic (exact) mass is 183 g/mol. The van der Waals surface area contributed by atoms with Gasteiger partial charge in [0.05, 0.1) is 6.04 Å². The van der Waals surface area contributed by atoms with Crippen molar-refractivity contribution >= 4 is 12.2 Å². The third-order valence-corrected chi connectivity index (χ3v) is 2.49. The van der Waals surface area contributed by atoms with Crippen molar-refractivity contribution in [1.29, 1.82) is 0 Å². The first kappa shape index (κ1) is 10.2. The highest BCUT2D eigenvalue weighted by molar-refractivity contribution is 5.79. The maximum Gasteiger partial charge on any atom is 0.223 e. The van der Waals surface area contributed by atoms with Crippen LogP contribution in [0.25, 0.3) is 0 Å². The van der Waals surface area contributed by atoms with Gasteiger partial charge in [-0.05, 0) is 25.7 Å². The number of nitrogens with zero attached hydrogens (tertiary/aromatic N) is 1. The van der Waals surface area contributed by atoms with Gasteiger partial charge in [-0.3, -0.25) is 4.79 Å². The van der Waals surface area contributed by atoms with Gasteiger partial charge in [0.25, 0.3) is 0 Å². The molecule has 0 radical (unpaired) electrons. The zero-order valence-corrected chi connectivity index (χ0v) is 8.16. The maximum absolute atomic E-state index is 11.5. The Bertz CT molecular complexity index is 191. The van der Waals surface area contributed by atoms with Crippen LogP contribution in [0.15, 0.2) is 0 Å². The third-order valence-electron chi connectivity index (χ3n) is 2.49. The van der Waals surface area contributed by atoms with Crippen molar-refractivity contribution < 1.29 is 9.59 Å². The van der Waals surface area contributed by atoms with Crippen LogP contribution in [0.2, 0.25) is 0 Å². The molecule has 0 N–H and O–H groups in total. The standard InChI is InChI=1S/C10H17NO2/c1-2-5-10(13)11-7-4-3-6-9(11)8-12/h8-9H,2-7H2,1H3. The summed E-state index contributed by atoms with van der Waals surface area (Å²) in [6.07, 6.45) is 5.30. The van der Waals surface area contributed by atoms with Crippen LogP contribution in [0.4, 0.5) is 0 Å². The molecule has 1 fully saturated rings. The van der Waals surface area contributed by atoms with Crippen LogP contribution in [-0.2, 0) is 9.59 Å². The van der Waals surface area contributed by atoms with Gasteiger partial charge in [0.1, 0.15) is 6.29 Å². The molecule has 0 aromatic rings. The minimum absolute atomic E-state index is 0.138. The molecule has 1 heterocycles. The van der Waals surface area contributed by atoms with Crippen LogP contribution < -0.4 is 0 Å². The minimum atomic E-state index is -0.146. The van der Waals surface area contributed by atoms with Gasteiger partial charge < -0.3 is 9.69 Å². The van der Waals surface area contributed by atoms with E-state index in [4.69, 9.17) is 0 Å². The van der Waals surface area contributed by atoms with Crippen molar-refractivity contribution in [2.75, 3.05) is 6.54 Å². The molecule has 0 aromatic heterocycles. The van der Waals surface area contributed by atoms with Crippen LogP contribution >= 0.6 is 0 Å². The predicted molar refractivity (Wildman–Crippen MR) is 50.3 cm³/mol. The van der Waals surface area contributed by atoms with Crippen LogP contribution in [-0.4, -0.2) is 29.7 Å². The molecule has 1 atom stereocenters. The number of hydrogen-bond acceptors (Lipinski definition) is 2. The van der Waals surface area contributed by atoms with Gasteiger partial charge in [-0.25, -0.2) is 0 Å². The van der Waals surface area contributed by atoms with Crippen LogP contribution in [0, 0.1) is 0 Å². The van der Waals surface area contributed by atoms with E-state index in [0.29, 0.717) is 6.42 Å². The lowest BCUT2D eigenvalue weighted by molar-refractivity contribution is -0.137. The summed E-state index contributed by atoms with van der Waals surface area (Å²) in [6, 6.07) is -0.146. The van der Waals surface area contributed by atoms with E-state index in [1.54, 1.807) is 4.90 Å². The van der Waals surface area contributed by atoms with Gasteiger partial charge >= 0.3 is 0 Å². The maximum atomic E-state index is 11.5. The van der Waals surface area contributed by atoms with Crippen molar-refractivity contribution in [2.45, 2.75) is 45.1 Å². The fourth-order valence-corrected chi connectivity index (χ4v) is 1.77. The zero-order valence-electron chi connectivity index (χ0n) is 8.16. The lowest BCUT2D eigenvalue weighted by Crippen LogP contribution is -2.44. The van der Waals surface area contributed by atoms with Gasteiger partial charge in [-0.2, -0.15) is 0 Å². The van der Waals surface area contributed by atoms with Gasteiger partial charge in [0.2, 0.25) is 5.91 Å². The van der Waals surface area contributed by atoms with Gasteiger partial charge in [0.15, 0.2) is 0 Å². The average Bonchev–Trinajstić information content (AvgIpc) is 2.18. The van der Waals surface area contributed by atoms with E-state index < -0.39 is 0 Å². The molecule has 1 rings (SSSR count). The van der Waals surface area contributed by atoms with E-state index in [0.717, 1.165) is 38.5 Å². The number of carbonyl (C=O) groups is 2. The number of amides is 1. The van der Waals surface area contributed by atoms with E-state index in [2.05, 4.69) is 0 Å². The SMILES string of the molecule is CCCC(=O)N1CCCCC1C=O. The summed E-state index contributed by atoms with van der Waals surface area (Å²) in [6.45, 7) is 2.75. The molecule has 74 valence electrons. The number of carbonyl (C=O) groups excluding carboxylic acids is 2. The van der Waals surface area contributed by atoms with Gasteiger partial charge in [0, 0.05) is 13.0 Å². The Morgan fingerprint density at radius 2 is 2.31 bits per heavy atom. The quantitative estimate of drug-likeness (QED) is 0.620. The Morgan fingerprint density at radius 3 is 2.92 bits per heavy atom. The van der Waals surface area contributed by atoms with Crippen molar-refractivity contribution in [3.05, 3.63) is 0 Å². The molecule has 0 bridgehead atoms. The molecule has 1 aliphatic heterocycles. The Kier molecular flexibility index (Phi) is 3.93. The summed E-state index contributed by atoms with van der Waals surface area (Å²) in [7, 11) is 0. The highest BCUT2D eigenvalue weighted by Crippen LogP contribution is 2.16. The van der Waals surface area contributed by atoms with Crippen molar-refractivity contribution in [1.82, 2.24) is 4.90 Å². The Balaban J connectivity index is 2.53. The molecule has 0 saturated carbocycles. The summed E-state index contributed by atoms with van der Waals surface area (Å²) in [5.74, 6) is 0.138. The first-order chi connectivity index (χ1) is 6.29. The van der Waals surface area contributed by atoms with E-state index in [1.165, 1.54) is 0 Å². The molecule has 0 aromatic carbocycles. The second kappa shape index (κ2) is 5.00. The smallest absolute Gasteiger partial charge is 0.223 e. The zero-order chi connectivity index (χ0) is 9.68. The Hall–Kier alpha value is -0.860. The summed E-state index contributed by atoms with van der Waals surface area (Å²) in [5, 5.41) is 0. The van der Waals surface area contributed by atoms with E-state index in [9.17, 15) is 9.59 Å². The summed E-state index contributed by atoms with van der Waals surface area (Å²) in [4.78, 5) is 24.0. The molecule has 1 amide bonds. The van der Waals surface area contributed by atoms with Crippen LogP contribution in [0.3, 0.4) is 0 Å². The largest absolute Gasteiger partial charge is 0.333 e. The molecule has 1 saturated heterocycles. The second-order valence-electron chi connectivity index (χ2n) is 3.54. The van der Waals surface area contributed by atoms with Crippen molar-refractivity contribution in [3.8, 4) is 0 Å². The number of aldehydes is 1. The number of piperidine rings is 1. The molecule has 1 unspecified atom stereocenters.